The summed E-state index contributed by atoms with van der Waals surface area (Å²) < 4.78 is 0. The third kappa shape index (κ3) is 4.97. The maximum Gasteiger partial charge on any atom is 0.324 e. The van der Waals surface area contributed by atoms with Gasteiger partial charge in [0.15, 0.2) is 0 Å². The van der Waals surface area contributed by atoms with Crippen molar-refractivity contribution in [3.8, 4) is 0 Å². The zero-order valence-electron chi connectivity index (χ0n) is 17.7. The molecule has 0 atom stereocenters. The third-order valence-corrected chi connectivity index (χ3v) is 6.23. The minimum Gasteiger partial charge on any atom is -0.339 e. The van der Waals surface area contributed by atoms with Gasteiger partial charge in [-0.1, -0.05) is 30.3 Å². The molecule has 1 fully saturated rings. The molecule has 164 valence electrons. The Labute approximate surface area is 190 Å². The van der Waals surface area contributed by atoms with Gasteiger partial charge in [-0.05, 0) is 55.7 Å². The number of nitrogens with zero attached hydrogens (tertiary/aromatic N) is 1. The van der Waals surface area contributed by atoms with Crippen molar-refractivity contribution in [1.82, 2.24) is 4.90 Å². The highest BCUT2D eigenvalue weighted by molar-refractivity contribution is 7.18. The van der Waals surface area contributed by atoms with E-state index in [0.717, 1.165) is 42.8 Å². The smallest absolute Gasteiger partial charge is 0.324 e. The molecular formula is C24H24N4O3S. The van der Waals surface area contributed by atoms with Crippen molar-refractivity contribution in [2.24, 2.45) is 0 Å². The first kappa shape index (κ1) is 21.6. The van der Waals surface area contributed by atoms with E-state index < -0.39 is 0 Å². The van der Waals surface area contributed by atoms with Crippen LogP contribution in [0.2, 0.25) is 0 Å². The summed E-state index contributed by atoms with van der Waals surface area (Å²) in [6.07, 6.45) is 2.00. The molecule has 7 nitrogen and oxygen atoms in total. The number of para-hydroxylation sites is 1. The molecule has 0 saturated carbocycles. The third-order valence-electron chi connectivity index (χ3n) is 5.23. The van der Waals surface area contributed by atoms with Gasteiger partial charge in [0.05, 0.1) is 21.1 Å². The number of nitrogens with one attached hydrogen (secondary N) is 3. The molecule has 8 heteroatoms. The highest BCUT2D eigenvalue weighted by atomic mass is 32.1. The molecule has 1 aromatic heterocycles. The molecular weight excluding hydrogens is 424 g/mol. The van der Waals surface area contributed by atoms with E-state index in [4.69, 9.17) is 0 Å². The lowest BCUT2D eigenvalue weighted by atomic mass is 10.0. The van der Waals surface area contributed by atoms with Gasteiger partial charge in [0.1, 0.15) is 0 Å². The van der Waals surface area contributed by atoms with E-state index in [-0.39, 0.29) is 17.8 Å². The van der Waals surface area contributed by atoms with Crippen molar-refractivity contribution in [1.29, 1.82) is 0 Å². The number of likely N-dealkylation sites (tertiary alicyclic amines) is 1. The number of amides is 4. The van der Waals surface area contributed by atoms with Crippen molar-refractivity contribution in [3.63, 3.8) is 0 Å². The van der Waals surface area contributed by atoms with Crippen LogP contribution in [-0.2, 0) is 0 Å². The predicted molar refractivity (Wildman–Crippen MR) is 128 cm³/mol. The monoisotopic (exact) mass is 448 g/mol. The van der Waals surface area contributed by atoms with Gasteiger partial charge in [-0.15, -0.1) is 11.3 Å². The number of benzene rings is 2. The zero-order valence-corrected chi connectivity index (χ0v) is 18.5. The number of anilines is 3. The number of hydrogen-bond acceptors (Lipinski definition) is 4. The number of rotatable bonds is 5. The Morgan fingerprint density at radius 3 is 2.34 bits per heavy atom. The fourth-order valence-corrected chi connectivity index (χ4v) is 4.44. The molecule has 4 rings (SSSR count). The maximum absolute atomic E-state index is 13.0. The summed E-state index contributed by atoms with van der Waals surface area (Å²) in [6, 6.07) is 17.5. The van der Waals surface area contributed by atoms with Crippen LogP contribution in [0, 0.1) is 6.92 Å². The molecule has 0 aliphatic carbocycles. The standard InChI is InChI=1S/C24H24N4O3S/c1-16-8-7-11-18(21(16)23(30)28-14-5-6-15-28)26-22(29)19-12-13-20(32-19)27-24(31)25-17-9-3-2-4-10-17/h2-4,7-13H,5-6,14-15H2,1H3,(H,26,29)(H2,25,27,31). The molecule has 1 saturated heterocycles. The van der Waals surface area contributed by atoms with E-state index >= 15 is 0 Å². The number of urea groups is 1. The van der Waals surface area contributed by atoms with Gasteiger partial charge in [-0.3, -0.25) is 14.9 Å². The lowest BCUT2D eigenvalue weighted by Gasteiger charge is -2.19. The second-order valence-electron chi connectivity index (χ2n) is 7.56. The molecule has 0 radical (unpaired) electrons. The van der Waals surface area contributed by atoms with Crippen molar-refractivity contribution in [2.45, 2.75) is 19.8 Å². The first-order valence-electron chi connectivity index (χ1n) is 10.4. The van der Waals surface area contributed by atoms with Gasteiger partial charge in [0, 0.05) is 18.8 Å². The molecule has 4 amide bonds. The van der Waals surface area contributed by atoms with Crippen LogP contribution in [0.5, 0.6) is 0 Å². The van der Waals surface area contributed by atoms with E-state index in [1.807, 2.05) is 42.2 Å². The molecule has 3 N–H and O–H groups in total. The van der Waals surface area contributed by atoms with Crippen molar-refractivity contribution >= 4 is 45.6 Å². The largest absolute Gasteiger partial charge is 0.339 e. The van der Waals surface area contributed by atoms with E-state index in [9.17, 15) is 14.4 Å². The summed E-state index contributed by atoms with van der Waals surface area (Å²) in [6.45, 7) is 3.36. The average molecular weight is 449 g/mol. The summed E-state index contributed by atoms with van der Waals surface area (Å²) >= 11 is 1.16. The Bertz CT molecular complexity index is 1140. The fourth-order valence-electron chi connectivity index (χ4n) is 3.64. The molecule has 0 bridgehead atoms. The summed E-state index contributed by atoms with van der Waals surface area (Å²) in [5.41, 5.74) is 2.52. The fraction of sp³-hybridized carbons (Fsp3) is 0.208. The highest BCUT2D eigenvalue weighted by Gasteiger charge is 2.24. The lowest BCUT2D eigenvalue weighted by Crippen LogP contribution is -2.29. The van der Waals surface area contributed by atoms with Gasteiger partial charge in [0.2, 0.25) is 0 Å². The molecule has 1 aliphatic rings. The Morgan fingerprint density at radius 2 is 1.59 bits per heavy atom. The molecule has 0 unspecified atom stereocenters. The SMILES string of the molecule is Cc1cccc(NC(=O)c2ccc(NC(=O)Nc3ccccc3)s2)c1C(=O)N1CCCC1. The average Bonchev–Trinajstić information content (AvgIpc) is 3.47. The van der Waals surface area contributed by atoms with Crippen molar-refractivity contribution in [2.75, 3.05) is 29.0 Å². The summed E-state index contributed by atoms with van der Waals surface area (Å²) in [4.78, 5) is 40.3. The summed E-state index contributed by atoms with van der Waals surface area (Å²) in [7, 11) is 0. The van der Waals surface area contributed by atoms with Crippen LogP contribution in [-0.4, -0.2) is 35.8 Å². The van der Waals surface area contributed by atoms with Crippen molar-refractivity contribution in [3.05, 3.63) is 76.7 Å². The second kappa shape index (κ2) is 9.65. The number of thiophene rings is 1. The van der Waals surface area contributed by atoms with E-state index in [0.29, 0.717) is 26.8 Å². The van der Waals surface area contributed by atoms with Gasteiger partial charge >= 0.3 is 6.03 Å². The maximum atomic E-state index is 13.0. The lowest BCUT2D eigenvalue weighted by molar-refractivity contribution is 0.0793. The topological polar surface area (TPSA) is 90.5 Å². The number of carbonyl (C=O) groups is 3. The molecule has 3 aromatic rings. The van der Waals surface area contributed by atoms with E-state index in [1.54, 1.807) is 30.3 Å². The highest BCUT2D eigenvalue weighted by Crippen LogP contribution is 2.27. The van der Waals surface area contributed by atoms with Crippen LogP contribution < -0.4 is 16.0 Å². The molecule has 2 aromatic carbocycles. The van der Waals surface area contributed by atoms with Gasteiger partial charge < -0.3 is 15.5 Å². The second-order valence-corrected chi connectivity index (χ2v) is 8.64. The van der Waals surface area contributed by atoms with Crippen LogP contribution in [0.15, 0.2) is 60.7 Å². The molecule has 32 heavy (non-hydrogen) atoms. The predicted octanol–water partition coefficient (Wildman–Crippen LogP) is 5.19. The van der Waals surface area contributed by atoms with Crippen LogP contribution in [0.3, 0.4) is 0 Å². The van der Waals surface area contributed by atoms with Crippen LogP contribution >= 0.6 is 11.3 Å². The first-order chi connectivity index (χ1) is 15.5. The molecule has 0 spiro atoms. The summed E-state index contributed by atoms with van der Waals surface area (Å²) in [5, 5.41) is 8.89. The zero-order chi connectivity index (χ0) is 22.5. The quantitative estimate of drug-likeness (QED) is 0.502. The van der Waals surface area contributed by atoms with Gasteiger partial charge in [0.25, 0.3) is 11.8 Å². The Hall–Kier alpha value is -3.65. The minimum atomic E-state index is -0.387. The van der Waals surface area contributed by atoms with Crippen LogP contribution in [0.1, 0.15) is 38.4 Å². The first-order valence-corrected chi connectivity index (χ1v) is 11.3. The Morgan fingerprint density at radius 1 is 0.844 bits per heavy atom. The minimum absolute atomic E-state index is 0.0537. The Kier molecular flexibility index (Phi) is 6.51. The van der Waals surface area contributed by atoms with E-state index in [1.165, 1.54) is 0 Å². The normalized spacial score (nSPS) is 13.0. The van der Waals surface area contributed by atoms with E-state index in [2.05, 4.69) is 16.0 Å². The van der Waals surface area contributed by atoms with Crippen LogP contribution in [0.25, 0.3) is 0 Å². The van der Waals surface area contributed by atoms with Gasteiger partial charge in [-0.25, -0.2) is 4.79 Å². The Balaban J connectivity index is 1.44. The van der Waals surface area contributed by atoms with Crippen molar-refractivity contribution < 1.29 is 14.4 Å². The number of carbonyl (C=O) groups excluding carboxylic acids is 3. The van der Waals surface area contributed by atoms with Crippen LogP contribution in [0.4, 0.5) is 21.2 Å². The number of aryl methyl sites for hydroxylation is 1. The molecule has 2 heterocycles. The van der Waals surface area contributed by atoms with Gasteiger partial charge in [-0.2, -0.15) is 0 Å². The summed E-state index contributed by atoms with van der Waals surface area (Å²) in [5.74, 6) is -0.380. The number of hydrogen-bond donors (Lipinski definition) is 3. The molecule has 1 aliphatic heterocycles.